The Hall–Kier alpha value is -1.61. The first-order chi connectivity index (χ1) is 9.67. The Morgan fingerprint density at radius 3 is 2.14 bits per heavy atom. The van der Waals surface area contributed by atoms with Gasteiger partial charge in [0.15, 0.2) is 0 Å². The molecule has 4 nitrogen and oxygen atoms in total. The van der Waals surface area contributed by atoms with E-state index in [0.717, 1.165) is 11.1 Å². The number of hydrogen-bond donors (Lipinski definition) is 2. The van der Waals surface area contributed by atoms with Crippen LogP contribution in [0.4, 0.5) is 0 Å². The van der Waals surface area contributed by atoms with Gasteiger partial charge in [0.05, 0.1) is 0 Å². The van der Waals surface area contributed by atoms with E-state index in [-0.39, 0.29) is 11.2 Å². The third kappa shape index (κ3) is 4.18. The predicted octanol–water partition coefficient (Wildman–Crippen LogP) is 4.12. The molecule has 0 bridgehead atoms. The first-order valence-corrected chi connectivity index (χ1v) is 8.15. The lowest BCUT2D eigenvalue weighted by Gasteiger charge is -2.21. The highest BCUT2D eigenvalue weighted by Crippen LogP contribution is 2.43. The van der Waals surface area contributed by atoms with E-state index >= 15 is 0 Å². The van der Waals surface area contributed by atoms with Crippen LogP contribution in [0.25, 0.3) is 11.1 Å². The molecule has 0 heterocycles. The Morgan fingerprint density at radius 2 is 1.62 bits per heavy atom. The second-order valence-corrected chi connectivity index (χ2v) is 7.07. The van der Waals surface area contributed by atoms with Gasteiger partial charge in [-0.2, -0.15) is 0 Å². The highest BCUT2D eigenvalue weighted by molar-refractivity contribution is 7.46. The van der Waals surface area contributed by atoms with Gasteiger partial charge in [-0.25, -0.2) is 4.57 Å². The summed E-state index contributed by atoms with van der Waals surface area (Å²) in [6.07, 6.45) is 0. The van der Waals surface area contributed by atoms with E-state index in [1.54, 1.807) is 6.07 Å². The molecule has 0 aliphatic heterocycles. The van der Waals surface area contributed by atoms with E-state index in [1.807, 2.05) is 42.5 Å². The van der Waals surface area contributed by atoms with Crippen molar-refractivity contribution >= 4 is 7.82 Å². The van der Waals surface area contributed by atoms with Crippen LogP contribution < -0.4 is 4.52 Å². The van der Waals surface area contributed by atoms with Crippen molar-refractivity contribution in [2.24, 2.45) is 0 Å². The first kappa shape index (κ1) is 15.8. The van der Waals surface area contributed by atoms with E-state index in [1.165, 1.54) is 0 Å². The van der Waals surface area contributed by atoms with E-state index in [4.69, 9.17) is 14.3 Å². The molecule has 2 N–H and O–H groups in total. The molecule has 0 unspecified atom stereocenters. The fourth-order valence-corrected chi connectivity index (χ4v) is 2.46. The Kier molecular flexibility index (Phi) is 4.24. The summed E-state index contributed by atoms with van der Waals surface area (Å²) in [5.74, 6) is 0.183. The van der Waals surface area contributed by atoms with Gasteiger partial charge in [0.1, 0.15) is 5.75 Å². The third-order valence-corrected chi connectivity index (χ3v) is 3.58. The number of benzene rings is 2. The smallest absolute Gasteiger partial charge is 0.404 e. The molecule has 112 valence electrons. The normalized spacial score (nSPS) is 12.2. The monoisotopic (exact) mass is 306 g/mol. The standard InChI is InChI=1S/C16H19O4P/c1-16(2,3)13-9-10-15(20-21(17,18)19)14(11-13)12-7-5-4-6-8-12/h4-11H,1-3H3,(H2,17,18,19). The van der Waals surface area contributed by atoms with Gasteiger partial charge < -0.3 is 4.52 Å². The largest absolute Gasteiger partial charge is 0.524 e. The molecule has 0 aliphatic carbocycles. The van der Waals surface area contributed by atoms with Crippen molar-refractivity contribution < 1.29 is 18.9 Å². The van der Waals surface area contributed by atoms with E-state index in [2.05, 4.69) is 20.8 Å². The zero-order valence-electron chi connectivity index (χ0n) is 12.3. The molecule has 2 aromatic rings. The summed E-state index contributed by atoms with van der Waals surface area (Å²) < 4.78 is 16.0. The summed E-state index contributed by atoms with van der Waals surface area (Å²) in [7, 11) is -4.59. The van der Waals surface area contributed by atoms with Crippen molar-refractivity contribution in [2.45, 2.75) is 26.2 Å². The lowest BCUT2D eigenvalue weighted by Crippen LogP contribution is -2.11. The van der Waals surface area contributed by atoms with Crippen molar-refractivity contribution in [1.29, 1.82) is 0 Å². The van der Waals surface area contributed by atoms with Gasteiger partial charge in [-0.05, 0) is 28.7 Å². The van der Waals surface area contributed by atoms with Crippen LogP contribution in [0.15, 0.2) is 48.5 Å². The molecule has 0 aliphatic rings. The van der Waals surface area contributed by atoms with Crippen LogP contribution in [0.1, 0.15) is 26.3 Å². The Balaban J connectivity index is 2.59. The number of phosphoric acid groups is 1. The van der Waals surface area contributed by atoms with Crippen LogP contribution in [-0.2, 0) is 9.98 Å². The van der Waals surface area contributed by atoms with Crippen molar-refractivity contribution in [3.8, 4) is 16.9 Å². The van der Waals surface area contributed by atoms with E-state index < -0.39 is 7.82 Å². The molecule has 0 aromatic heterocycles. The van der Waals surface area contributed by atoms with Crippen LogP contribution in [-0.4, -0.2) is 9.79 Å². The van der Waals surface area contributed by atoms with Gasteiger partial charge >= 0.3 is 7.82 Å². The molecule has 0 radical (unpaired) electrons. The summed E-state index contributed by atoms with van der Waals surface area (Å²) in [5, 5.41) is 0. The van der Waals surface area contributed by atoms with Gasteiger partial charge in [-0.15, -0.1) is 0 Å². The van der Waals surface area contributed by atoms with Gasteiger partial charge in [0.25, 0.3) is 0 Å². The predicted molar refractivity (Wildman–Crippen MR) is 83.3 cm³/mol. The van der Waals surface area contributed by atoms with Crippen LogP contribution in [0.5, 0.6) is 5.75 Å². The molecule has 0 spiro atoms. The maximum absolute atomic E-state index is 11.1. The number of rotatable bonds is 3. The molecule has 21 heavy (non-hydrogen) atoms. The molecular weight excluding hydrogens is 287 g/mol. The summed E-state index contributed by atoms with van der Waals surface area (Å²) in [6, 6.07) is 14.8. The fraction of sp³-hybridized carbons (Fsp3) is 0.250. The van der Waals surface area contributed by atoms with Gasteiger partial charge in [-0.1, -0.05) is 57.2 Å². The maximum Gasteiger partial charge on any atom is 0.524 e. The van der Waals surface area contributed by atoms with Crippen LogP contribution in [0.3, 0.4) is 0 Å². The molecule has 0 saturated heterocycles. The SMILES string of the molecule is CC(C)(C)c1ccc(OP(=O)(O)O)c(-c2ccccc2)c1. The van der Waals surface area contributed by atoms with Gasteiger partial charge in [-0.3, -0.25) is 9.79 Å². The van der Waals surface area contributed by atoms with Crippen molar-refractivity contribution in [3.05, 3.63) is 54.1 Å². The molecule has 0 amide bonds. The van der Waals surface area contributed by atoms with Gasteiger partial charge in [0, 0.05) is 5.56 Å². The zero-order valence-corrected chi connectivity index (χ0v) is 13.2. The average Bonchev–Trinajstić information content (AvgIpc) is 2.37. The molecule has 0 atom stereocenters. The summed E-state index contributed by atoms with van der Waals surface area (Å²) >= 11 is 0. The third-order valence-electron chi connectivity index (χ3n) is 3.15. The molecule has 5 heteroatoms. The first-order valence-electron chi connectivity index (χ1n) is 6.62. The minimum atomic E-state index is -4.59. The topological polar surface area (TPSA) is 66.8 Å². The summed E-state index contributed by atoms with van der Waals surface area (Å²) in [4.78, 5) is 18.1. The Bertz CT molecular complexity index is 668. The Labute approximate surface area is 124 Å². The molecule has 0 saturated carbocycles. The fourth-order valence-electron chi connectivity index (χ4n) is 2.05. The highest BCUT2D eigenvalue weighted by atomic mass is 31.2. The van der Waals surface area contributed by atoms with E-state index in [9.17, 15) is 4.57 Å². The van der Waals surface area contributed by atoms with Crippen molar-refractivity contribution in [3.63, 3.8) is 0 Å². The van der Waals surface area contributed by atoms with Crippen molar-refractivity contribution in [1.82, 2.24) is 0 Å². The highest BCUT2D eigenvalue weighted by Gasteiger charge is 2.21. The molecule has 2 rings (SSSR count). The van der Waals surface area contributed by atoms with Gasteiger partial charge in [0.2, 0.25) is 0 Å². The van der Waals surface area contributed by atoms with Crippen LogP contribution in [0.2, 0.25) is 0 Å². The zero-order chi connectivity index (χ0) is 15.7. The second kappa shape index (κ2) is 5.64. The van der Waals surface area contributed by atoms with Crippen LogP contribution >= 0.6 is 7.82 Å². The molecule has 0 fully saturated rings. The van der Waals surface area contributed by atoms with E-state index in [0.29, 0.717) is 5.56 Å². The number of phosphoric ester groups is 1. The lowest BCUT2D eigenvalue weighted by molar-refractivity contribution is 0.283. The van der Waals surface area contributed by atoms with Crippen molar-refractivity contribution in [2.75, 3.05) is 0 Å². The van der Waals surface area contributed by atoms with Crippen LogP contribution in [0, 0.1) is 0 Å². The second-order valence-electron chi connectivity index (χ2n) is 5.91. The quantitative estimate of drug-likeness (QED) is 0.837. The maximum atomic E-state index is 11.1. The molecule has 2 aromatic carbocycles. The molecular formula is C16H19O4P. The minimum absolute atomic E-state index is 0.0653. The number of hydrogen-bond acceptors (Lipinski definition) is 2. The summed E-state index contributed by atoms with van der Waals surface area (Å²) in [6.45, 7) is 6.25. The summed E-state index contributed by atoms with van der Waals surface area (Å²) in [5.41, 5.74) is 2.53. The average molecular weight is 306 g/mol. The minimum Gasteiger partial charge on any atom is -0.404 e. The lowest BCUT2D eigenvalue weighted by atomic mass is 9.85. The Morgan fingerprint density at radius 1 is 1.00 bits per heavy atom.